The van der Waals surface area contributed by atoms with Gasteiger partial charge in [0.2, 0.25) is 11.8 Å². The van der Waals surface area contributed by atoms with E-state index in [4.69, 9.17) is 9.47 Å². The third-order valence-electron chi connectivity index (χ3n) is 8.69. The predicted molar refractivity (Wildman–Crippen MR) is 167 cm³/mol. The number of hydrogen-bond acceptors (Lipinski definition) is 8. The second kappa shape index (κ2) is 15.8. The molecule has 4 heterocycles. The van der Waals surface area contributed by atoms with Gasteiger partial charge in [-0.25, -0.2) is 0 Å². The van der Waals surface area contributed by atoms with Crippen LogP contribution in [0.4, 0.5) is 5.69 Å². The van der Waals surface area contributed by atoms with E-state index in [0.717, 1.165) is 74.9 Å². The molecule has 43 heavy (non-hydrogen) atoms. The molecule has 10 nitrogen and oxygen atoms in total. The first-order chi connectivity index (χ1) is 21.0. The standard InChI is InChI=1S/C33H46N6O4/c1-37(13-10-29-6-2-3-11-35-29)30-7-8-31-28(21-30)23-34-24-33(41)39-14-9-26(27(25-39)5-4-18-43-31)22-32(40)36-12-15-38-16-19-42-20-17-38/h2-8,11,21,26-27,34H,9-10,12-20,22-25H2,1H3,(H,36,40)/t26-,27-/m0/s1. The summed E-state index contributed by atoms with van der Waals surface area (Å²) < 4.78 is 11.6. The second-order valence-corrected chi connectivity index (χ2v) is 11.7. The van der Waals surface area contributed by atoms with Crippen molar-refractivity contribution in [3.63, 3.8) is 0 Å². The van der Waals surface area contributed by atoms with E-state index in [-0.39, 0.29) is 30.2 Å². The molecule has 10 heteroatoms. The lowest BCUT2D eigenvalue weighted by molar-refractivity contribution is -0.132. The summed E-state index contributed by atoms with van der Waals surface area (Å²) in [4.78, 5) is 36.9. The van der Waals surface area contributed by atoms with Crippen LogP contribution in [0.3, 0.4) is 0 Å². The van der Waals surface area contributed by atoms with Crippen LogP contribution in [-0.4, -0.2) is 106 Å². The van der Waals surface area contributed by atoms with Crippen LogP contribution < -0.4 is 20.3 Å². The molecule has 1 aromatic heterocycles. The average molecular weight is 591 g/mol. The molecule has 2 bridgehead atoms. The number of carbonyl (C=O) groups excluding carboxylic acids is 2. The highest BCUT2D eigenvalue weighted by atomic mass is 16.5. The molecule has 3 aliphatic rings. The van der Waals surface area contributed by atoms with E-state index in [2.05, 4.69) is 50.7 Å². The third-order valence-corrected chi connectivity index (χ3v) is 8.69. The molecule has 2 N–H and O–H groups in total. The molecular formula is C33H46N6O4. The number of anilines is 1. The minimum absolute atomic E-state index is 0.0852. The van der Waals surface area contributed by atoms with Gasteiger partial charge in [0.05, 0.1) is 19.8 Å². The minimum Gasteiger partial charge on any atom is -0.489 e. The number of hydrogen-bond donors (Lipinski definition) is 2. The number of fused-ring (bicyclic) bond motifs is 3. The highest BCUT2D eigenvalue weighted by molar-refractivity contribution is 5.79. The number of morpholine rings is 1. The minimum atomic E-state index is 0.0852. The molecule has 2 amide bonds. The Labute approximate surface area is 255 Å². The van der Waals surface area contributed by atoms with Crippen molar-refractivity contribution in [2.24, 2.45) is 11.8 Å². The summed E-state index contributed by atoms with van der Waals surface area (Å²) in [6.07, 6.45) is 8.16. The van der Waals surface area contributed by atoms with Crippen molar-refractivity contribution in [1.29, 1.82) is 0 Å². The maximum absolute atomic E-state index is 13.2. The Morgan fingerprint density at radius 3 is 2.88 bits per heavy atom. The number of aromatic nitrogens is 1. The fraction of sp³-hybridized carbons (Fsp3) is 0.545. The molecule has 2 saturated heterocycles. The van der Waals surface area contributed by atoms with Gasteiger partial charge in [0.1, 0.15) is 12.4 Å². The number of ether oxygens (including phenoxy) is 2. The first-order valence-corrected chi connectivity index (χ1v) is 15.6. The Balaban J connectivity index is 1.18. The van der Waals surface area contributed by atoms with E-state index < -0.39 is 0 Å². The zero-order chi connectivity index (χ0) is 29.9. The molecule has 1 aromatic carbocycles. The number of amides is 2. The summed E-state index contributed by atoms with van der Waals surface area (Å²) in [6.45, 7) is 8.24. The highest BCUT2D eigenvalue weighted by Gasteiger charge is 2.31. The lowest BCUT2D eigenvalue weighted by atomic mass is 9.82. The molecule has 232 valence electrons. The van der Waals surface area contributed by atoms with Crippen LogP contribution in [0.25, 0.3) is 0 Å². The summed E-state index contributed by atoms with van der Waals surface area (Å²) in [5, 5.41) is 6.46. The monoisotopic (exact) mass is 590 g/mol. The first-order valence-electron chi connectivity index (χ1n) is 15.6. The van der Waals surface area contributed by atoms with E-state index >= 15 is 0 Å². The topological polar surface area (TPSA) is 99.3 Å². The molecule has 0 saturated carbocycles. The number of carbonyl (C=O) groups is 2. The second-order valence-electron chi connectivity index (χ2n) is 11.7. The quantitative estimate of drug-likeness (QED) is 0.429. The van der Waals surface area contributed by atoms with Crippen LogP contribution in [0.15, 0.2) is 54.7 Å². The molecule has 5 rings (SSSR count). The number of rotatable bonds is 9. The predicted octanol–water partition coefficient (Wildman–Crippen LogP) is 2.10. The van der Waals surface area contributed by atoms with Crippen LogP contribution >= 0.6 is 0 Å². The SMILES string of the molecule is CN(CCc1ccccn1)c1ccc2c(c1)CNCC(=O)N1CC[C@@H](CC(=O)NCCN3CCOCC3)[C@@H](C=CCO2)C1. The van der Waals surface area contributed by atoms with Crippen molar-refractivity contribution in [3.8, 4) is 5.75 Å². The van der Waals surface area contributed by atoms with E-state index in [1.807, 2.05) is 41.4 Å². The summed E-state index contributed by atoms with van der Waals surface area (Å²) in [5.74, 6) is 1.30. The van der Waals surface area contributed by atoms with Gasteiger partial charge in [-0.1, -0.05) is 18.2 Å². The van der Waals surface area contributed by atoms with Crippen molar-refractivity contribution in [3.05, 3.63) is 66.0 Å². The van der Waals surface area contributed by atoms with Gasteiger partial charge in [0.25, 0.3) is 0 Å². The van der Waals surface area contributed by atoms with Crippen molar-refractivity contribution in [2.45, 2.75) is 25.8 Å². The number of likely N-dealkylation sites (N-methyl/N-ethyl adjacent to an activating group) is 1. The number of nitrogens with zero attached hydrogens (tertiary/aromatic N) is 4. The Morgan fingerprint density at radius 2 is 2.05 bits per heavy atom. The normalized spacial score (nSPS) is 21.5. The van der Waals surface area contributed by atoms with Gasteiger partial charge in [-0.3, -0.25) is 19.5 Å². The first kappa shape index (κ1) is 31.0. The molecule has 2 atom stereocenters. The van der Waals surface area contributed by atoms with Crippen molar-refractivity contribution >= 4 is 17.5 Å². The molecular weight excluding hydrogens is 544 g/mol. The summed E-state index contributed by atoms with van der Waals surface area (Å²) in [7, 11) is 2.08. The van der Waals surface area contributed by atoms with Gasteiger partial charge in [-0.2, -0.15) is 0 Å². The average Bonchev–Trinajstić information content (AvgIpc) is 3.04. The maximum atomic E-state index is 13.2. The molecule has 0 unspecified atom stereocenters. The van der Waals surface area contributed by atoms with E-state index in [0.29, 0.717) is 39.2 Å². The van der Waals surface area contributed by atoms with E-state index in [1.54, 1.807) is 0 Å². The van der Waals surface area contributed by atoms with Crippen LogP contribution in [0, 0.1) is 11.8 Å². The van der Waals surface area contributed by atoms with Crippen LogP contribution in [0.5, 0.6) is 5.75 Å². The largest absolute Gasteiger partial charge is 0.489 e. The van der Waals surface area contributed by atoms with Crippen LogP contribution in [-0.2, 0) is 27.3 Å². The van der Waals surface area contributed by atoms with Gasteiger partial charge in [0, 0.05) is 95.4 Å². The Kier molecular flexibility index (Phi) is 11.4. The Bertz CT molecular complexity index is 1220. The maximum Gasteiger partial charge on any atom is 0.236 e. The summed E-state index contributed by atoms with van der Waals surface area (Å²) in [5.41, 5.74) is 3.18. The molecule has 0 radical (unpaired) electrons. The number of nitrogens with one attached hydrogen (secondary N) is 2. The van der Waals surface area contributed by atoms with Gasteiger partial charge >= 0.3 is 0 Å². The Morgan fingerprint density at radius 1 is 1.16 bits per heavy atom. The van der Waals surface area contributed by atoms with E-state index in [9.17, 15) is 9.59 Å². The molecule has 2 aromatic rings. The van der Waals surface area contributed by atoms with Gasteiger partial charge in [-0.05, 0) is 48.6 Å². The van der Waals surface area contributed by atoms with Crippen molar-refractivity contribution in [1.82, 2.24) is 25.4 Å². The number of pyridine rings is 1. The molecule has 2 fully saturated rings. The zero-order valence-electron chi connectivity index (χ0n) is 25.4. The van der Waals surface area contributed by atoms with E-state index in [1.165, 1.54) is 0 Å². The number of piperidine rings is 1. The molecule has 0 spiro atoms. The van der Waals surface area contributed by atoms with Crippen LogP contribution in [0.1, 0.15) is 24.1 Å². The smallest absolute Gasteiger partial charge is 0.236 e. The Hall–Kier alpha value is -3.47. The third kappa shape index (κ3) is 9.26. The fourth-order valence-electron chi connectivity index (χ4n) is 6.04. The lowest BCUT2D eigenvalue weighted by Gasteiger charge is -2.37. The molecule has 3 aliphatic heterocycles. The lowest BCUT2D eigenvalue weighted by Crippen LogP contribution is -2.47. The number of benzene rings is 1. The van der Waals surface area contributed by atoms with Crippen molar-refractivity contribution in [2.75, 3.05) is 84.1 Å². The fourth-order valence-corrected chi connectivity index (χ4v) is 6.04. The zero-order valence-corrected chi connectivity index (χ0v) is 25.4. The van der Waals surface area contributed by atoms with Gasteiger partial charge in [-0.15, -0.1) is 0 Å². The highest BCUT2D eigenvalue weighted by Crippen LogP contribution is 2.29. The van der Waals surface area contributed by atoms with Crippen LogP contribution in [0.2, 0.25) is 0 Å². The van der Waals surface area contributed by atoms with Gasteiger partial charge in [0.15, 0.2) is 0 Å². The molecule has 0 aliphatic carbocycles. The van der Waals surface area contributed by atoms with Crippen molar-refractivity contribution < 1.29 is 19.1 Å². The summed E-state index contributed by atoms with van der Waals surface area (Å²) in [6, 6.07) is 12.2. The summed E-state index contributed by atoms with van der Waals surface area (Å²) >= 11 is 0. The van der Waals surface area contributed by atoms with Gasteiger partial charge < -0.3 is 29.9 Å².